The van der Waals surface area contributed by atoms with E-state index in [1.807, 2.05) is 0 Å². The number of amides is 1. The minimum Gasteiger partial charge on any atom is -0.466 e. The van der Waals surface area contributed by atoms with Gasteiger partial charge in [0.15, 0.2) is 0 Å². The number of nitrogens with one attached hydrogen (secondary N) is 1. The first-order valence-corrected chi connectivity index (χ1v) is 30.6. The summed E-state index contributed by atoms with van der Waals surface area (Å²) >= 11 is 0. The molecule has 0 rings (SSSR count). The lowest BCUT2D eigenvalue weighted by Gasteiger charge is -2.22. The van der Waals surface area contributed by atoms with E-state index >= 15 is 0 Å². The van der Waals surface area contributed by atoms with Gasteiger partial charge in [-0.1, -0.05) is 289 Å². The zero-order chi connectivity index (χ0) is 49.3. The number of ether oxygens (including phenoxy) is 1. The highest BCUT2D eigenvalue weighted by Gasteiger charge is 2.20. The van der Waals surface area contributed by atoms with Crippen LogP contribution in [0.2, 0.25) is 0 Å². The minimum atomic E-state index is -0.664. The summed E-state index contributed by atoms with van der Waals surface area (Å²) in [6.07, 6.45) is 70.4. The monoisotopic (exact) mass is 958 g/mol. The largest absolute Gasteiger partial charge is 0.466 e. The van der Waals surface area contributed by atoms with E-state index in [0.717, 1.165) is 51.4 Å². The van der Waals surface area contributed by atoms with Gasteiger partial charge in [0.05, 0.1) is 25.4 Å². The Kier molecular flexibility index (Phi) is 56.5. The van der Waals surface area contributed by atoms with Crippen LogP contribution in [0, 0.1) is 0 Å². The molecule has 2 atom stereocenters. The summed E-state index contributed by atoms with van der Waals surface area (Å²) < 4.78 is 5.48. The number of esters is 1. The Bertz CT molecular complexity index is 1060. The molecule has 0 fully saturated rings. The Morgan fingerprint density at radius 1 is 0.412 bits per heavy atom. The van der Waals surface area contributed by atoms with Crippen LogP contribution in [-0.4, -0.2) is 47.4 Å². The van der Waals surface area contributed by atoms with Crippen LogP contribution in [0.5, 0.6) is 0 Å². The Hall–Kier alpha value is -1.66. The number of carbonyl (C=O) groups excluding carboxylic acids is 2. The van der Waals surface area contributed by atoms with E-state index in [-0.39, 0.29) is 18.5 Å². The van der Waals surface area contributed by atoms with Crippen LogP contribution < -0.4 is 5.32 Å². The molecule has 0 aliphatic carbocycles. The van der Waals surface area contributed by atoms with E-state index in [2.05, 4.69) is 43.5 Å². The molecule has 68 heavy (non-hydrogen) atoms. The van der Waals surface area contributed by atoms with Crippen molar-refractivity contribution in [1.82, 2.24) is 5.32 Å². The smallest absolute Gasteiger partial charge is 0.305 e. The van der Waals surface area contributed by atoms with Gasteiger partial charge in [0.1, 0.15) is 0 Å². The quantitative estimate of drug-likeness (QED) is 0.0321. The predicted octanol–water partition coefficient (Wildman–Crippen LogP) is 19.0. The fourth-order valence-corrected chi connectivity index (χ4v) is 9.55. The van der Waals surface area contributed by atoms with E-state index in [1.54, 1.807) is 0 Å². The van der Waals surface area contributed by atoms with Crippen LogP contribution in [0.15, 0.2) is 24.3 Å². The minimum absolute atomic E-state index is 0.000419. The van der Waals surface area contributed by atoms with Crippen molar-refractivity contribution in [2.45, 2.75) is 347 Å². The molecule has 3 N–H and O–H groups in total. The summed E-state index contributed by atoms with van der Waals surface area (Å²) in [6, 6.07) is -0.541. The van der Waals surface area contributed by atoms with Crippen LogP contribution in [0.25, 0.3) is 0 Å². The van der Waals surface area contributed by atoms with E-state index in [9.17, 15) is 19.8 Å². The third-order valence-corrected chi connectivity index (χ3v) is 14.3. The summed E-state index contributed by atoms with van der Waals surface area (Å²) in [5, 5.41) is 23.3. The van der Waals surface area contributed by atoms with E-state index in [0.29, 0.717) is 25.9 Å². The number of carbonyl (C=O) groups is 2. The lowest BCUT2D eigenvalue weighted by Crippen LogP contribution is -2.45. The normalized spacial score (nSPS) is 12.7. The van der Waals surface area contributed by atoms with Crippen molar-refractivity contribution >= 4 is 11.9 Å². The van der Waals surface area contributed by atoms with Gasteiger partial charge in [-0.25, -0.2) is 0 Å². The molecule has 0 heterocycles. The molecule has 0 aromatic rings. The molecule has 0 aromatic heterocycles. The lowest BCUT2D eigenvalue weighted by atomic mass is 10.0. The number of rotatable bonds is 57. The highest BCUT2D eigenvalue weighted by Crippen LogP contribution is 2.18. The molecule has 2 unspecified atom stereocenters. The molecular formula is C62H119NO5. The SMILES string of the molecule is CCCCC/C=C\C/C=C\CCCCCCCC(=O)OCCCCCCCCCCCCCCCCCCCCCCCCC(=O)NC(CO)C(O)CCCCCCCCCCCCCCCC. The molecular weight excluding hydrogens is 839 g/mol. The van der Waals surface area contributed by atoms with Gasteiger partial charge in [-0.05, 0) is 57.8 Å². The third-order valence-electron chi connectivity index (χ3n) is 14.3. The molecule has 0 saturated heterocycles. The summed E-state index contributed by atoms with van der Waals surface area (Å²) in [4.78, 5) is 24.5. The van der Waals surface area contributed by atoms with Crippen molar-refractivity contribution in [2.75, 3.05) is 13.2 Å². The van der Waals surface area contributed by atoms with Gasteiger partial charge in [0.2, 0.25) is 5.91 Å². The third kappa shape index (κ3) is 53.7. The molecule has 0 bridgehead atoms. The second kappa shape index (κ2) is 57.9. The van der Waals surface area contributed by atoms with Gasteiger partial charge in [-0.15, -0.1) is 0 Å². The summed E-state index contributed by atoms with van der Waals surface area (Å²) in [5.74, 6) is -0.0343. The molecule has 0 aromatic carbocycles. The maximum atomic E-state index is 12.5. The lowest BCUT2D eigenvalue weighted by molar-refractivity contribution is -0.143. The van der Waals surface area contributed by atoms with Gasteiger partial charge >= 0.3 is 5.97 Å². The second-order valence-corrected chi connectivity index (χ2v) is 21.0. The molecule has 0 aliphatic heterocycles. The highest BCUT2D eigenvalue weighted by atomic mass is 16.5. The van der Waals surface area contributed by atoms with E-state index in [1.165, 1.54) is 250 Å². The maximum absolute atomic E-state index is 12.5. The fraction of sp³-hybridized carbons (Fsp3) is 0.903. The Balaban J connectivity index is 3.37. The second-order valence-electron chi connectivity index (χ2n) is 21.0. The number of hydrogen-bond acceptors (Lipinski definition) is 5. The van der Waals surface area contributed by atoms with Gasteiger partial charge in [-0.2, -0.15) is 0 Å². The van der Waals surface area contributed by atoms with Gasteiger partial charge in [0, 0.05) is 12.8 Å². The Labute approximate surface area is 424 Å². The van der Waals surface area contributed by atoms with Crippen molar-refractivity contribution < 1.29 is 24.5 Å². The first-order chi connectivity index (χ1) is 33.5. The summed E-state index contributed by atoms with van der Waals surface area (Å²) in [6.45, 7) is 4.93. The first kappa shape index (κ1) is 66.3. The highest BCUT2D eigenvalue weighted by molar-refractivity contribution is 5.76. The van der Waals surface area contributed by atoms with E-state index in [4.69, 9.17) is 4.74 Å². The molecule has 6 nitrogen and oxygen atoms in total. The summed E-state index contributed by atoms with van der Waals surface area (Å²) in [7, 11) is 0. The number of allylic oxidation sites excluding steroid dienone is 4. The van der Waals surface area contributed by atoms with Gasteiger partial charge in [-0.3, -0.25) is 9.59 Å². The Morgan fingerprint density at radius 2 is 0.735 bits per heavy atom. The van der Waals surface area contributed by atoms with Crippen LogP contribution in [-0.2, 0) is 14.3 Å². The van der Waals surface area contributed by atoms with Crippen LogP contribution >= 0.6 is 0 Å². The summed E-state index contributed by atoms with van der Waals surface area (Å²) in [5.41, 5.74) is 0. The first-order valence-electron chi connectivity index (χ1n) is 30.6. The molecule has 1 amide bonds. The predicted molar refractivity (Wildman–Crippen MR) is 296 cm³/mol. The standard InChI is InChI=1S/C62H119NO5/c1-3-5-7-9-11-13-15-17-27-32-36-40-44-48-52-56-62(67)68-57-53-49-45-41-37-33-29-26-24-22-20-19-21-23-25-28-31-35-39-43-47-51-55-61(66)63-59(58-64)60(65)54-50-46-42-38-34-30-18-16-14-12-10-8-6-4-2/h11,13,17,27,59-60,64-65H,3-10,12,14-16,18-26,28-58H2,1-2H3,(H,63,66)/b13-11-,27-17-. The van der Waals surface area contributed by atoms with Crippen molar-refractivity contribution in [2.24, 2.45) is 0 Å². The number of aliphatic hydroxyl groups is 2. The average Bonchev–Trinajstić information content (AvgIpc) is 3.34. The number of aliphatic hydroxyl groups excluding tert-OH is 2. The maximum Gasteiger partial charge on any atom is 0.305 e. The van der Waals surface area contributed by atoms with Gasteiger partial charge < -0.3 is 20.3 Å². The number of unbranched alkanes of at least 4 members (excludes halogenated alkanes) is 42. The molecule has 0 aliphatic rings. The van der Waals surface area contributed by atoms with Crippen LogP contribution in [0.1, 0.15) is 335 Å². The Morgan fingerprint density at radius 3 is 1.15 bits per heavy atom. The van der Waals surface area contributed by atoms with E-state index < -0.39 is 12.1 Å². The van der Waals surface area contributed by atoms with Crippen molar-refractivity contribution in [3.63, 3.8) is 0 Å². The van der Waals surface area contributed by atoms with Gasteiger partial charge in [0.25, 0.3) is 0 Å². The fourth-order valence-electron chi connectivity index (χ4n) is 9.55. The zero-order valence-electron chi connectivity index (χ0n) is 45.9. The van der Waals surface area contributed by atoms with Crippen LogP contribution in [0.4, 0.5) is 0 Å². The number of hydrogen-bond donors (Lipinski definition) is 3. The molecule has 6 heteroatoms. The molecule has 0 radical (unpaired) electrons. The van der Waals surface area contributed by atoms with Crippen molar-refractivity contribution in [1.29, 1.82) is 0 Å². The average molecular weight is 959 g/mol. The van der Waals surface area contributed by atoms with Crippen molar-refractivity contribution in [3.05, 3.63) is 24.3 Å². The zero-order valence-corrected chi connectivity index (χ0v) is 45.9. The molecule has 0 spiro atoms. The van der Waals surface area contributed by atoms with Crippen LogP contribution in [0.3, 0.4) is 0 Å². The topological polar surface area (TPSA) is 95.9 Å². The molecule has 0 saturated carbocycles. The molecule has 402 valence electrons. The van der Waals surface area contributed by atoms with Crippen molar-refractivity contribution in [3.8, 4) is 0 Å².